The normalized spacial score (nSPS) is 13.1. The van der Waals surface area contributed by atoms with E-state index in [9.17, 15) is 4.79 Å². The Morgan fingerprint density at radius 3 is 2.76 bits per heavy atom. The molecule has 4 rings (SSSR count). The molecule has 3 aromatic rings. The highest BCUT2D eigenvalue weighted by atomic mass is 32.1. The number of fused-ring (bicyclic) bond motifs is 1. The standard InChI is InChI=1S/C19H20N4OS/c1-11-9-16(22-23(11)3)18(24)21-19-20-17(12(2)25-19)15-8-7-13-5-4-6-14(13)10-15/h7-10H,4-6H2,1-3H3,(H,20,21,24). The average molecular weight is 352 g/mol. The van der Waals surface area contributed by atoms with E-state index in [1.165, 1.54) is 35.3 Å². The van der Waals surface area contributed by atoms with Gasteiger partial charge in [-0.1, -0.05) is 12.1 Å². The number of aromatic nitrogens is 3. The fourth-order valence-corrected chi connectivity index (χ4v) is 4.10. The van der Waals surface area contributed by atoms with Crippen molar-refractivity contribution < 1.29 is 4.79 Å². The Morgan fingerprint density at radius 1 is 1.20 bits per heavy atom. The van der Waals surface area contributed by atoms with Crippen molar-refractivity contribution in [3.05, 3.63) is 51.7 Å². The highest BCUT2D eigenvalue weighted by molar-refractivity contribution is 7.16. The lowest BCUT2D eigenvalue weighted by molar-refractivity contribution is 0.102. The summed E-state index contributed by atoms with van der Waals surface area (Å²) in [6.45, 7) is 3.96. The van der Waals surface area contributed by atoms with E-state index in [4.69, 9.17) is 0 Å². The zero-order valence-electron chi connectivity index (χ0n) is 14.6. The van der Waals surface area contributed by atoms with Gasteiger partial charge in [0.1, 0.15) is 0 Å². The molecule has 128 valence electrons. The Balaban J connectivity index is 1.59. The van der Waals surface area contributed by atoms with Crippen LogP contribution in [0.1, 0.15) is 38.6 Å². The maximum absolute atomic E-state index is 12.4. The van der Waals surface area contributed by atoms with Gasteiger partial charge < -0.3 is 0 Å². The van der Waals surface area contributed by atoms with Crippen LogP contribution in [0.4, 0.5) is 5.13 Å². The van der Waals surface area contributed by atoms with Crippen molar-refractivity contribution >= 4 is 22.4 Å². The Hall–Kier alpha value is -2.47. The number of carbonyl (C=O) groups is 1. The second-order valence-electron chi connectivity index (χ2n) is 6.51. The van der Waals surface area contributed by atoms with Crippen LogP contribution in [0.3, 0.4) is 0 Å². The molecule has 0 fully saturated rings. The van der Waals surface area contributed by atoms with Crippen molar-refractivity contribution in [2.75, 3.05) is 5.32 Å². The molecule has 1 aliphatic rings. The third-order valence-corrected chi connectivity index (χ3v) is 5.62. The first-order chi connectivity index (χ1) is 12.0. The quantitative estimate of drug-likeness (QED) is 0.778. The van der Waals surface area contributed by atoms with Gasteiger partial charge in [-0.05, 0) is 56.4 Å². The van der Waals surface area contributed by atoms with Gasteiger partial charge in [-0.15, -0.1) is 11.3 Å². The molecular formula is C19H20N4OS. The first-order valence-electron chi connectivity index (χ1n) is 8.43. The molecule has 0 saturated carbocycles. The summed E-state index contributed by atoms with van der Waals surface area (Å²) in [5.41, 5.74) is 6.32. The van der Waals surface area contributed by atoms with E-state index in [0.29, 0.717) is 10.8 Å². The van der Waals surface area contributed by atoms with Gasteiger partial charge in [-0.25, -0.2) is 4.98 Å². The Labute approximate surface area is 150 Å². The molecule has 25 heavy (non-hydrogen) atoms. The fraction of sp³-hybridized carbons (Fsp3) is 0.316. The van der Waals surface area contributed by atoms with Crippen LogP contribution in [0.15, 0.2) is 24.3 Å². The maximum atomic E-state index is 12.4. The predicted molar refractivity (Wildman–Crippen MR) is 100 cm³/mol. The number of aryl methyl sites for hydroxylation is 5. The number of benzene rings is 1. The summed E-state index contributed by atoms with van der Waals surface area (Å²) in [6, 6.07) is 8.38. The number of amides is 1. The molecule has 0 bridgehead atoms. The molecule has 0 aliphatic heterocycles. The lowest BCUT2D eigenvalue weighted by Gasteiger charge is -2.03. The van der Waals surface area contributed by atoms with Gasteiger partial charge in [-0.3, -0.25) is 14.8 Å². The molecule has 5 nitrogen and oxygen atoms in total. The summed E-state index contributed by atoms with van der Waals surface area (Å²) in [6.07, 6.45) is 3.56. The zero-order valence-corrected chi connectivity index (χ0v) is 15.4. The Bertz CT molecular complexity index is 950. The number of nitrogens with zero attached hydrogens (tertiary/aromatic N) is 3. The van der Waals surface area contributed by atoms with Crippen LogP contribution >= 0.6 is 11.3 Å². The number of thiazole rings is 1. The van der Waals surface area contributed by atoms with E-state index in [1.807, 2.05) is 20.9 Å². The van der Waals surface area contributed by atoms with Gasteiger partial charge in [0.25, 0.3) is 5.91 Å². The monoisotopic (exact) mass is 352 g/mol. The van der Waals surface area contributed by atoms with Crippen molar-refractivity contribution in [1.82, 2.24) is 14.8 Å². The number of anilines is 1. The second kappa shape index (κ2) is 6.11. The number of nitrogens with one attached hydrogen (secondary N) is 1. The Morgan fingerprint density at radius 2 is 2.00 bits per heavy atom. The lowest BCUT2D eigenvalue weighted by atomic mass is 10.0. The molecule has 2 heterocycles. The van der Waals surface area contributed by atoms with E-state index in [2.05, 4.69) is 33.6 Å². The van der Waals surface area contributed by atoms with Crippen molar-refractivity contribution in [2.24, 2.45) is 7.05 Å². The van der Waals surface area contributed by atoms with E-state index in [-0.39, 0.29) is 5.91 Å². The molecule has 2 aromatic heterocycles. The van der Waals surface area contributed by atoms with Crippen LogP contribution in [0.5, 0.6) is 0 Å². The molecule has 0 saturated heterocycles. The van der Waals surface area contributed by atoms with E-state index in [1.54, 1.807) is 10.7 Å². The van der Waals surface area contributed by atoms with Gasteiger partial charge in [0.05, 0.1) is 5.69 Å². The number of hydrogen-bond donors (Lipinski definition) is 1. The van der Waals surface area contributed by atoms with Crippen molar-refractivity contribution in [3.63, 3.8) is 0 Å². The maximum Gasteiger partial charge on any atom is 0.277 e. The Kier molecular flexibility index (Phi) is 3.92. The molecule has 0 spiro atoms. The fourth-order valence-electron chi connectivity index (χ4n) is 3.27. The molecule has 1 aliphatic carbocycles. The molecule has 1 aromatic carbocycles. The van der Waals surface area contributed by atoms with Gasteiger partial charge >= 0.3 is 0 Å². The molecule has 0 radical (unpaired) electrons. The van der Waals surface area contributed by atoms with Crippen LogP contribution in [0.2, 0.25) is 0 Å². The van der Waals surface area contributed by atoms with Gasteiger partial charge in [0.15, 0.2) is 10.8 Å². The first kappa shape index (κ1) is 16.0. The van der Waals surface area contributed by atoms with Crippen LogP contribution in [0, 0.1) is 13.8 Å². The SMILES string of the molecule is Cc1sc(NC(=O)c2cc(C)n(C)n2)nc1-c1ccc2c(c1)CCC2. The van der Waals surface area contributed by atoms with Crippen LogP contribution in [0.25, 0.3) is 11.3 Å². The summed E-state index contributed by atoms with van der Waals surface area (Å²) in [5, 5.41) is 7.70. The second-order valence-corrected chi connectivity index (χ2v) is 7.71. The van der Waals surface area contributed by atoms with E-state index in [0.717, 1.165) is 28.2 Å². The number of hydrogen-bond acceptors (Lipinski definition) is 4. The molecular weight excluding hydrogens is 332 g/mol. The summed E-state index contributed by atoms with van der Waals surface area (Å²) in [4.78, 5) is 18.1. The minimum Gasteiger partial charge on any atom is -0.296 e. The number of carbonyl (C=O) groups excluding carboxylic acids is 1. The third kappa shape index (κ3) is 2.98. The summed E-state index contributed by atoms with van der Waals surface area (Å²) >= 11 is 1.50. The number of rotatable bonds is 3. The van der Waals surface area contributed by atoms with E-state index < -0.39 is 0 Å². The van der Waals surface area contributed by atoms with Gasteiger partial charge in [-0.2, -0.15) is 5.10 Å². The smallest absolute Gasteiger partial charge is 0.277 e. The molecule has 1 N–H and O–H groups in total. The summed E-state index contributed by atoms with van der Waals surface area (Å²) < 4.78 is 1.69. The zero-order chi connectivity index (χ0) is 17.6. The minimum atomic E-state index is -0.224. The van der Waals surface area contributed by atoms with Crippen molar-refractivity contribution in [2.45, 2.75) is 33.1 Å². The largest absolute Gasteiger partial charge is 0.296 e. The lowest BCUT2D eigenvalue weighted by Crippen LogP contribution is -2.12. The van der Waals surface area contributed by atoms with Gasteiger partial charge in [0, 0.05) is 23.2 Å². The van der Waals surface area contributed by atoms with Crippen LogP contribution < -0.4 is 5.32 Å². The average Bonchev–Trinajstić information content (AvgIpc) is 3.27. The third-order valence-electron chi connectivity index (χ3n) is 4.74. The minimum absolute atomic E-state index is 0.224. The summed E-state index contributed by atoms with van der Waals surface area (Å²) in [7, 11) is 1.83. The van der Waals surface area contributed by atoms with Crippen molar-refractivity contribution in [3.8, 4) is 11.3 Å². The highest BCUT2D eigenvalue weighted by Gasteiger charge is 2.17. The van der Waals surface area contributed by atoms with Crippen molar-refractivity contribution in [1.29, 1.82) is 0 Å². The highest BCUT2D eigenvalue weighted by Crippen LogP contribution is 2.33. The molecule has 0 unspecified atom stereocenters. The predicted octanol–water partition coefficient (Wildman–Crippen LogP) is 3.90. The van der Waals surface area contributed by atoms with Crippen LogP contribution in [-0.2, 0) is 19.9 Å². The molecule has 1 amide bonds. The topological polar surface area (TPSA) is 59.8 Å². The van der Waals surface area contributed by atoms with E-state index >= 15 is 0 Å². The van der Waals surface area contributed by atoms with Crippen LogP contribution in [-0.4, -0.2) is 20.7 Å². The summed E-state index contributed by atoms with van der Waals surface area (Å²) in [5.74, 6) is -0.224. The first-order valence-corrected chi connectivity index (χ1v) is 9.24. The molecule has 6 heteroatoms. The van der Waals surface area contributed by atoms with Gasteiger partial charge in [0.2, 0.25) is 0 Å². The molecule has 0 atom stereocenters.